The standard InChI is InChI=1S/C9H17N5O/c10-9-12-8(4-7-14(9,11)15)13-5-2-1-3-6-13/h4,7,9H,1-3,5-6,10-11H2. The third-order valence-corrected chi connectivity index (χ3v) is 2.81. The molecule has 0 aromatic rings. The monoisotopic (exact) mass is 211 g/mol. The molecule has 6 heteroatoms. The van der Waals surface area contributed by atoms with Gasteiger partial charge in [-0.25, -0.2) is 4.76 Å². The van der Waals surface area contributed by atoms with Gasteiger partial charge in [-0.2, -0.15) is 10.8 Å². The summed E-state index contributed by atoms with van der Waals surface area (Å²) >= 11 is 0. The molecule has 2 rings (SSSR count). The van der Waals surface area contributed by atoms with Gasteiger partial charge in [-0.05, 0) is 19.3 Å². The molecule has 6 nitrogen and oxygen atoms in total. The van der Waals surface area contributed by atoms with Gasteiger partial charge in [0.1, 0.15) is 12.0 Å². The van der Waals surface area contributed by atoms with Gasteiger partial charge in [-0.15, -0.1) is 0 Å². The Labute approximate surface area is 89.0 Å². The van der Waals surface area contributed by atoms with E-state index >= 15 is 0 Å². The molecule has 2 unspecified atom stereocenters. The van der Waals surface area contributed by atoms with Crippen LogP contribution in [0.25, 0.3) is 0 Å². The van der Waals surface area contributed by atoms with Gasteiger partial charge in [0.05, 0.1) is 0 Å². The Morgan fingerprint density at radius 1 is 1.40 bits per heavy atom. The summed E-state index contributed by atoms with van der Waals surface area (Å²) < 4.78 is -1.11. The molecule has 0 bridgehead atoms. The summed E-state index contributed by atoms with van der Waals surface area (Å²) in [7, 11) is 0. The average Bonchev–Trinajstić information content (AvgIpc) is 2.23. The zero-order valence-electron chi connectivity index (χ0n) is 8.67. The summed E-state index contributed by atoms with van der Waals surface area (Å²) in [5.41, 5.74) is 5.58. The summed E-state index contributed by atoms with van der Waals surface area (Å²) in [6.07, 6.45) is 5.68. The fraction of sp³-hybridized carbons (Fsp3) is 0.667. The average molecular weight is 211 g/mol. The molecular weight excluding hydrogens is 194 g/mol. The summed E-state index contributed by atoms with van der Waals surface area (Å²) in [4.78, 5) is 6.28. The molecule has 2 atom stereocenters. The van der Waals surface area contributed by atoms with Crippen LogP contribution in [-0.4, -0.2) is 34.9 Å². The Morgan fingerprint density at radius 2 is 2.07 bits per heavy atom. The minimum absolute atomic E-state index is 0.789. The van der Waals surface area contributed by atoms with Crippen LogP contribution in [0.3, 0.4) is 0 Å². The van der Waals surface area contributed by atoms with E-state index in [0.29, 0.717) is 0 Å². The van der Waals surface area contributed by atoms with Crippen LogP contribution in [0.4, 0.5) is 0 Å². The van der Waals surface area contributed by atoms with Crippen LogP contribution < -0.4 is 11.6 Å². The number of amidine groups is 1. The number of nitrogens with zero attached hydrogens (tertiary/aromatic N) is 3. The van der Waals surface area contributed by atoms with Crippen molar-refractivity contribution < 1.29 is 4.76 Å². The van der Waals surface area contributed by atoms with E-state index in [1.54, 1.807) is 6.08 Å². The van der Waals surface area contributed by atoms with Crippen LogP contribution in [-0.2, 0) is 0 Å². The molecule has 0 saturated carbocycles. The zero-order chi connectivity index (χ0) is 10.9. The second-order valence-electron chi connectivity index (χ2n) is 4.03. The highest BCUT2D eigenvalue weighted by Gasteiger charge is 2.25. The van der Waals surface area contributed by atoms with E-state index < -0.39 is 11.0 Å². The number of aliphatic imine (C=N–C) groups is 1. The smallest absolute Gasteiger partial charge is 0.261 e. The first-order valence-electron chi connectivity index (χ1n) is 5.25. The Bertz CT molecular complexity index is 293. The quantitative estimate of drug-likeness (QED) is 0.330. The summed E-state index contributed by atoms with van der Waals surface area (Å²) in [5.74, 6) is 6.15. The van der Waals surface area contributed by atoms with E-state index in [1.165, 1.54) is 25.5 Å². The molecule has 0 aliphatic carbocycles. The fourth-order valence-electron chi connectivity index (χ4n) is 1.85. The highest BCUT2D eigenvalue weighted by molar-refractivity contribution is 5.93. The second-order valence-corrected chi connectivity index (χ2v) is 4.03. The van der Waals surface area contributed by atoms with Gasteiger partial charge >= 0.3 is 0 Å². The number of nitrogens with two attached hydrogens (primary N) is 2. The third kappa shape index (κ3) is 2.18. The second kappa shape index (κ2) is 3.90. The van der Waals surface area contributed by atoms with Crippen LogP contribution in [0.2, 0.25) is 0 Å². The van der Waals surface area contributed by atoms with Crippen molar-refractivity contribution in [1.82, 2.24) is 4.90 Å². The maximum absolute atomic E-state index is 11.5. The Hall–Kier alpha value is -0.950. The van der Waals surface area contributed by atoms with Crippen LogP contribution in [0.5, 0.6) is 0 Å². The summed E-state index contributed by atoms with van der Waals surface area (Å²) in [5, 5.41) is 11.5. The molecule has 0 radical (unpaired) electrons. The number of hydroxylamine groups is 2. The molecule has 4 N–H and O–H groups in total. The van der Waals surface area contributed by atoms with Crippen LogP contribution in [0, 0.1) is 5.21 Å². The molecule has 2 heterocycles. The van der Waals surface area contributed by atoms with Gasteiger partial charge < -0.3 is 10.1 Å². The lowest BCUT2D eigenvalue weighted by Gasteiger charge is -2.39. The van der Waals surface area contributed by atoms with E-state index in [1.807, 2.05) is 0 Å². The van der Waals surface area contributed by atoms with Crippen molar-refractivity contribution in [2.24, 2.45) is 16.6 Å². The minimum atomic E-state index is -1.11. The lowest BCUT2D eigenvalue weighted by molar-refractivity contribution is -0.867. The number of piperidine rings is 1. The maximum atomic E-state index is 11.5. The number of hydrogen-bond donors (Lipinski definition) is 2. The number of likely N-dealkylation sites (tertiary alicyclic amines) is 1. The predicted octanol–water partition coefficient (Wildman–Crippen LogP) is -0.171. The van der Waals surface area contributed by atoms with Crippen LogP contribution in [0.15, 0.2) is 17.3 Å². The van der Waals surface area contributed by atoms with Crippen LogP contribution in [0.1, 0.15) is 19.3 Å². The number of quaternary nitrogens is 1. The third-order valence-electron chi connectivity index (χ3n) is 2.81. The maximum Gasteiger partial charge on any atom is 0.261 e. The Morgan fingerprint density at radius 3 is 2.67 bits per heavy atom. The molecule has 84 valence electrons. The van der Waals surface area contributed by atoms with Gasteiger partial charge in [0, 0.05) is 19.2 Å². The fourth-order valence-corrected chi connectivity index (χ4v) is 1.85. The normalized spacial score (nSPS) is 36.6. The van der Waals surface area contributed by atoms with Gasteiger partial charge in [0.25, 0.3) is 6.29 Å². The number of rotatable bonds is 0. The lowest BCUT2D eigenvalue weighted by Crippen LogP contribution is -2.58. The van der Waals surface area contributed by atoms with Crippen molar-refractivity contribution >= 4 is 5.84 Å². The van der Waals surface area contributed by atoms with Crippen molar-refractivity contribution in [3.63, 3.8) is 0 Å². The van der Waals surface area contributed by atoms with E-state index in [0.717, 1.165) is 18.9 Å². The van der Waals surface area contributed by atoms with Crippen molar-refractivity contribution in [3.8, 4) is 0 Å². The van der Waals surface area contributed by atoms with E-state index in [2.05, 4.69) is 9.89 Å². The molecule has 15 heavy (non-hydrogen) atoms. The molecule has 0 aromatic carbocycles. The molecule has 2 aliphatic rings. The Balaban J connectivity index is 2.08. The zero-order valence-corrected chi connectivity index (χ0v) is 8.67. The Kier molecular flexibility index (Phi) is 2.74. The van der Waals surface area contributed by atoms with Crippen molar-refractivity contribution in [2.75, 3.05) is 13.1 Å². The van der Waals surface area contributed by atoms with E-state index in [9.17, 15) is 5.21 Å². The molecule has 0 amide bonds. The first kappa shape index (κ1) is 10.6. The number of hydrogen-bond acceptors (Lipinski definition) is 5. The topological polar surface area (TPSA) is 90.7 Å². The van der Waals surface area contributed by atoms with E-state index in [-0.39, 0.29) is 0 Å². The largest absolute Gasteiger partial charge is 0.604 e. The summed E-state index contributed by atoms with van der Waals surface area (Å²) in [6.45, 7) is 1.97. The predicted molar refractivity (Wildman–Crippen MR) is 57.8 cm³/mol. The lowest BCUT2D eigenvalue weighted by atomic mass is 10.1. The van der Waals surface area contributed by atoms with Crippen molar-refractivity contribution in [2.45, 2.75) is 25.6 Å². The highest BCUT2D eigenvalue weighted by Crippen LogP contribution is 2.15. The molecule has 1 fully saturated rings. The molecule has 2 aliphatic heterocycles. The van der Waals surface area contributed by atoms with Gasteiger partial charge in [0.2, 0.25) is 0 Å². The molecule has 0 spiro atoms. The molecular formula is C9H17N5O. The van der Waals surface area contributed by atoms with Gasteiger partial charge in [-0.3, -0.25) is 5.73 Å². The minimum Gasteiger partial charge on any atom is -0.604 e. The summed E-state index contributed by atoms with van der Waals surface area (Å²) in [6, 6.07) is 0. The highest BCUT2D eigenvalue weighted by atomic mass is 16.6. The first-order valence-corrected chi connectivity index (χ1v) is 5.25. The molecule has 1 saturated heterocycles. The van der Waals surface area contributed by atoms with Crippen molar-refractivity contribution in [3.05, 3.63) is 17.5 Å². The van der Waals surface area contributed by atoms with Crippen molar-refractivity contribution in [1.29, 1.82) is 0 Å². The van der Waals surface area contributed by atoms with Gasteiger partial charge in [-0.1, -0.05) is 0 Å². The first-order chi connectivity index (χ1) is 7.09. The molecule has 0 aromatic heterocycles. The van der Waals surface area contributed by atoms with E-state index in [4.69, 9.17) is 11.6 Å². The SMILES string of the molecule is NC1N=C(N2CCCCC2)C=C[N+]1(N)[O-]. The van der Waals surface area contributed by atoms with Crippen LogP contribution >= 0.6 is 0 Å². The van der Waals surface area contributed by atoms with Gasteiger partial charge in [0.15, 0.2) is 0 Å².